The van der Waals surface area contributed by atoms with Crippen LogP contribution in [0.1, 0.15) is 12.5 Å². The number of hydrogen-bond donors (Lipinski definition) is 1. The molecule has 0 spiro atoms. The number of amides is 1. The van der Waals surface area contributed by atoms with E-state index >= 15 is 0 Å². The third-order valence-electron chi connectivity index (χ3n) is 3.69. The maximum absolute atomic E-state index is 12.4. The van der Waals surface area contributed by atoms with Crippen LogP contribution in [0.15, 0.2) is 47.4 Å². The van der Waals surface area contributed by atoms with Gasteiger partial charge in [0.25, 0.3) is 10.0 Å². The predicted octanol–water partition coefficient (Wildman–Crippen LogP) is 3.05. The molecule has 0 saturated heterocycles. The molecule has 5 nitrogen and oxygen atoms in total. The smallest absolute Gasteiger partial charge is 0.261 e. The summed E-state index contributed by atoms with van der Waals surface area (Å²) in [5.41, 5.74) is 2.08. The van der Waals surface area contributed by atoms with E-state index < -0.39 is 10.0 Å². The van der Waals surface area contributed by atoms with Crippen LogP contribution < -0.4 is 9.62 Å². The third-order valence-corrected chi connectivity index (χ3v) is 5.30. The Balaban J connectivity index is 1.90. The lowest BCUT2D eigenvalue weighted by atomic mass is 10.1. The zero-order chi connectivity index (χ0) is 16.6. The highest BCUT2D eigenvalue weighted by Gasteiger charge is 2.26. The van der Waals surface area contributed by atoms with Gasteiger partial charge >= 0.3 is 0 Å². The fourth-order valence-corrected chi connectivity index (χ4v) is 3.99. The lowest BCUT2D eigenvalue weighted by molar-refractivity contribution is -0.117. The molecule has 1 aliphatic heterocycles. The fourth-order valence-electron chi connectivity index (χ4n) is 2.64. The summed E-state index contributed by atoms with van der Waals surface area (Å²) in [4.78, 5) is 13.7. The molecule has 1 N–H and O–H groups in total. The van der Waals surface area contributed by atoms with Crippen molar-refractivity contribution >= 4 is 38.9 Å². The molecular formula is C16H15ClN2O3S. The Labute approximate surface area is 139 Å². The zero-order valence-electron chi connectivity index (χ0n) is 12.4. The molecule has 0 aromatic heterocycles. The number of halogens is 1. The molecule has 2 aromatic rings. The van der Waals surface area contributed by atoms with Crippen molar-refractivity contribution in [2.75, 3.05) is 16.2 Å². The standard InChI is InChI=1S/C16H15ClN2O3S/c1-2-19-15-7-6-13(8-11(15)9-16(19)20)18-23(21,22)14-5-3-4-12(17)10-14/h3-8,10,18H,2,9H2,1H3. The van der Waals surface area contributed by atoms with Crippen molar-refractivity contribution in [1.29, 1.82) is 0 Å². The largest absolute Gasteiger partial charge is 0.312 e. The summed E-state index contributed by atoms with van der Waals surface area (Å²) in [5, 5.41) is 0.353. The summed E-state index contributed by atoms with van der Waals surface area (Å²) >= 11 is 5.84. The molecule has 23 heavy (non-hydrogen) atoms. The quantitative estimate of drug-likeness (QED) is 0.921. The Hall–Kier alpha value is -2.05. The number of carbonyl (C=O) groups is 1. The van der Waals surface area contributed by atoms with Gasteiger partial charge in [-0.05, 0) is 48.9 Å². The molecule has 0 unspecified atom stereocenters. The number of nitrogens with one attached hydrogen (secondary N) is 1. The molecular weight excluding hydrogens is 336 g/mol. The molecule has 0 atom stereocenters. The molecule has 0 saturated carbocycles. The van der Waals surface area contributed by atoms with Crippen LogP contribution in [0.25, 0.3) is 0 Å². The number of fused-ring (bicyclic) bond motifs is 1. The van der Waals surface area contributed by atoms with Crippen molar-refractivity contribution in [3.63, 3.8) is 0 Å². The van der Waals surface area contributed by atoms with Gasteiger partial charge in [0.1, 0.15) is 0 Å². The Morgan fingerprint density at radius 1 is 1.22 bits per heavy atom. The summed E-state index contributed by atoms with van der Waals surface area (Å²) in [5.74, 6) is 0.0253. The van der Waals surface area contributed by atoms with Crippen molar-refractivity contribution in [1.82, 2.24) is 0 Å². The number of anilines is 2. The minimum absolute atomic E-state index is 0.0253. The molecule has 1 heterocycles. The van der Waals surface area contributed by atoms with Crippen LogP contribution >= 0.6 is 11.6 Å². The average molecular weight is 351 g/mol. The summed E-state index contributed by atoms with van der Waals surface area (Å²) in [6.45, 7) is 2.50. The zero-order valence-corrected chi connectivity index (χ0v) is 14.0. The number of benzene rings is 2. The van der Waals surface area contributed by atoms with Gasteiger partial charge in [-0.3, -0.25) is 9.52 Å². The summed E-state index contributed by atoms with van der Waals surface area (Å²) < 4.78 is 27.3. The van der Waals surface area contributed by atoms with Gasteiger partial charge in [-0.15, -0.1) is 0 Å². The highest BCUT2D eigenvalue weighted by Crippen LogP contribution is 2.31. The minimum Gasteiger partial charge on any atom is -0.312 e. The molecule has 1 amide bonds. The van der Waals surface area contributed by atoms with Gasteiger partial charge in [0.15, 0.2) is 0 Å². The normalized spacial score (nSPS) is 14.0. The Bertz CT molecular complexity index is 881. The average Bonchev–Trinajstić information content (AvgIpc) is 2.81. The molecule has 0 bridgehead atoms. The van der Waals surface area contributed by atoms with E-state index in [9.17, 15) is 13.2 Å². The van der Waals surface area contributed by atoms with Gasteiger partial charge in [-0.25, -0.2) is 8.42 Å². The Morgan fingerprint density at radius 2 is 2.00 bits per heavy atom. The van der Waals surface area contributed by atoms with E-state index in [-0.39, 0.29) is 17.2 Å². The van der Waals surface area contributed by atoms with Crippen LogP contribution in [0.3, 0.4) is 0 Å². The SMILES string of the molecule is CCN1C(=O)Cc2cc(NS(=O)(=O)c3cccc(Cl)c3)ccc21. The van der Waals surface area contributed by atoms with E-state index in [4.69, 9.17) is 11.6 Å². The van der Waals surface area contributed by atoms with Gasteiger partial charge in [0.2, 0.25) is 5.91 Å². The minimum atomic E-state index is -3.72. The van der Waals surface area contributed by atoms with E-state index in [1.807, 2.05) is 6.92 Å². The highest BCUT2D eigenvalue weighted by molar-refractivity contribution is 7.92. The second-order valence-electron chi connectivity index (χ2n) is 5.22. The second-order valence-corrected chi connectivity index (χ2v) is 7.34. The summed E-state index contributed by atoms with van der Waals surface area (Å²) in [6.07, 6.45) is 0.288. The van der Waals surface area contributed by atoms with Gasteiger partial charge in [0, 0.05) is 22.9 Å². The molecule has 0 radical (unpaired) electrons. The summed E-state index contributed by atoms with van der Waals surface area (Å²) in [6, 6.07) is 11.2. The van der Waals surface area contributed by atoms with Crippen molar-refractivity contribution in [3.05, 3.63) is 53.1 Å². The van der Waals surface area contributed by atoms with Crippen LogP contribution in [-0.4, -0.2) is 20.9 Å². The van der Waals surface area contributed by atoms with E-state index in [0.717, 1.165) is 11.3 Å². The van der Waals surface area contributed by atoms with Crippen LogP contribution in [0.4, 0.5) is 11.4 Å². The van der Waals surface area contributed by atoms with Crippen molar-refractivity contribution in [2.45, 2.75) is 18.2 Å². The fraction of sp³-hybridized carbons (Fsp3) is 0.188. The Kier molecular flexibility index (Phi) is 4.04. The van der Waals surface area contributed by atoms with Gasteiger partial charge in [-0.2, -0.15) is 0 Å². The maximum atomic E-state index is 12.4. The number of carbonyl (C=O) groups excluding carboxylic acids is 1. The van der Waals surface area contributed by atoms with E-state index in [2.05, 4.69) is 4.72 Å². The van der Waals surface area contributed by atoms with Crippen LogP contribution in [0, 0.1) is 0 Å². The number of sulfonamides is 1. The van der Waals surface area contributed by atoms with Crippen LogP contribution in [0.2, 0.25) is 5.02 Å². The first-order valence-electron chi connectivity index (χ1n) is 7.12. The van der Waals surface area contributed by atoms with E-state index in [1.165, 1.54) is 12.1 Å². The van der Waals surface area contributed by atoms with E-state index in [0.29, 0.717) is 17.3 Å². The molecule has 7 heteroatoms. The maximum Gasteiger partial charge on any atom is 0.261 e. The van der Waals surface area contributed by atoms with Crippen molar-refractivity contribution in [2.24, 2.45) is 0 Å². The van der Waals surface area contributed by atoms with Gasteiger partial charge < -0.3 is 4.90 Å². The second kappa shape index (κ2) is 5.86. The first-order valence-corrected chi connectivity index (χ1v) is 8.98. The molecule has 1 aliphatic rings. The monoisotopic (exact) mass is 350 g/mol. The van der Waals surface area contributed by atoms with Crippen LogP contribution in [0.5, 0.6) is 0 Å². The Morgan fingerprint density at radius 3 is 2.70 bits per heavy atom. The lowest BCUT2D eigenvalue weighted by Gasteiger charge is -2.15. The number of rotatable bonds is 4. The van der Waals surface area contributed by atoms with Gasteiger partial charge in [-0.1, -0.05) is 17.7 Å². The molecule has 0 fully saturated rings. The first-order chi connectivity index (χ1) is 10.9. The molecule has 2 aromatic carbocycles. The van der Waals surface area contributed by atoms with Crippen LogP contribution in [-0.2, 0) is 21.2 Å². The summed E-state index contributed by atoms with van der Waals surface area (Å²) in [7, 11) is -3.72. The highest BCUT2D eigenvalue weighted by atomic mass is 35.5. The number of nitrogens with zero attached hydrogens (tertiary/aromatic N) is 1. The number of hydrogen-bond acceptors (Lipinski definition) is 3. The van der Waals surface area contributed by atoms with Gasteiger partial charge in [0.05, 0.1) is 11.3 Å². The number of likely N-dealkylation sites (N-methyl/N-ethyl adjacent to an activating group) is 1. The molecule has 120 valence electrons. The van der Waals surface area contributed by atoms with E-state index in [1.54, 1.807) is 35.2 Å². The lowest BCUT2D eigenvalue weighted by Crippen LogP contribution is -2.25. The first kappa shape index (κ1) is 15.8. The topological polar surface area (TPSA) is 66.5 Å². The van der Waals surface area contributed by atoms with Crippen molar-refractivity contribution < 1.29 is 13.2 Å². The third kappa shape index (κ3) is 3.04. The predicted molar refractivity (Wildman–Crippen MR) is 90.4 cm³/mol. The molecule has 3 rings (SSSR count). The molecule has 0 aliphatic carbocycles. The van der Waals surface area contributed by atoms with Crippen molar-refractivity contribution in [3.8, 4) is 0 Å².